The average molecular weight is 383 g/mol. The summed E-state index contributed by atoms with van der Waals surface area (Å²) < 4.78 is 10.4. The van der Waals surface area contributed by atoms with Gasteiger partial charge in [-0.3, -0.25) is 4.79 Å². The van der Waals surface area contributed by atoms with Gasteiger partial charge < -0.3 is 55.3 Å². The zero-order valence-electron chi connectivity index (χ0n) is 14.0. The molecule has 0 aromatic carbocycles. The molecule has 1 saturated heterocycles. The van der Waals surface area contributed by atoms with E-state index in [4.69, 9.17) is 19.7 Å². The van der Waals surface area contributed by atoms with Crippen molar-refractivity contribution in [1.29, 1.82) is 0 Å². The van der Waals surface area contributed by atoms with Crippen molar-refractivity contribution in [2.75, 3.05) is 13.2 Å². The van der Waals surface area contributed by atoms with E-state index in [9.17, 15) is 35.1 Å². The van der Waals surface area contributed by atoms with E-state index in [1.165, 1.54) is 0 Å². The molecule has 0 radical (unpaired) electrons. The molecule has 8 N–H and O–H groups in total. The molecule has 0 aromatic heterocycles. The maximum Gasteiger partial charge on any atom is 0.217 e. The number of carbonyl (C=O) groups excluding carboxylic acids is 2. The molecule has 1 aliphatic rings. The van der Waals surface area contributed by atoms with Crippen LogP contribution in [0.3, 0.4) is 0 Å². The highest BCUT2D eigenvalue weighted by atomic mass is 16.7. The van der Waals surface area contributed by atoms with Crippen LogP contribution in [0.15, 0.2) is 0 Å². The minimum atomic E-state index is -1.89. The lowest BCUT2D eigenvalue weighted by Crippen LogP contribution is -2.62. The van der Waals surface area contributed by atoms with Gasteiger partial charge in [-0.05, 0) is 0 Å². The Morgan fingerprint density at radius 1 is 1.19 bits per heavy atom. The van der Waals surface area contributed by atoms with Crippen LogP contribution in [0, 0.1) is 0 Å². The number of carbonyl (C=O) groups is 2. The lowest BCUT2D eigenvalue weighted by Gasteiger charge is -2.42. The summed E-state index contributed by atoms with van der Waals surface area (Å²) in [6, 6.07) is -1.50. The molecule has 9 atom stereocenters. The molecular weight excluding hydrogens is 358 g/mol. The summed E-state index contributed by atoms with van der Waals surface area (Å²) in [6.45, 7) is -0.558. The molecular formula is C14H25NO11. The number of aliphatic hydroxyl groups is 7. The minimum Gasteiger partial charge on any atom is -0.394 e. The minimum absolute atomic E-state index is 0.198. The molecule has 0 spiro atoms. The van der Waals surface area contributed by atoms with E-state index in [1.54, 1.807) is 0 Å². The number of rotatable bonds is 9. The van der Waals surface area contributed by atoms with E-state index in [-0.39, 0.29) is 6.29 Å². The van der Waals surface area contributed by atoms with Crippen LogP contribution < -0.4 is 5.32 Å². The molecule has 152 valence electrons. The Kier molecular flexibility index (Phi) is 8.95. The molecule has 1 amide bonds. The van der Waals surface area contributed by atoms with Crippen LogP contribution in [0.2, 0.25) is 0 Å². The molecule has 0 aliphatic carbocycles. The molecule has 1 rings (SSSR count). The number of aldehydes is 1. The molecule has 26 heavy (non-hydrogen) atoms. The second-order valence-corrected chi connectivity index (χ2v) is 5.90. The fourth-order valence-corrected chi connectivity index (χ4v) is 2.47. The highest BCUT2D eigenvalue weighted by Gasteiger charge is 2.47. The van der Waals surface area contributed by atoms with Gasteiger partial charge in [0.05, 0.1) is 13.2 Å². The van der Waals surface area contributed by atoms with E-state index in [0.717, 1.165) is 6.92 Å². The highest BCUT2D eigenvalue weighted by molar-refractivity contribution is 5.77. The summed E-state index contributed by atoms with van der Waals surface area (Å²) in [5.74, 6) is -0.671. The van der Waals surface area contributed by atoms with Crippen molar-refractivity contribution in [2.45, 2.75) is 62.0 Å². The van der Waals surface area contributed by atoms with Crippen LogP contribution in [0.5, 0.6) is 0 Å². The van der Waals surface area contributed by atoms with Gasteiger partial charge in [-0.15, -0.1) is 0 Å². The van der Waals surface area contributed by atoms with E-state index >= 15 is 0 Å². The van der Waals surface area contributed by atoms with Gasteiger partial charge in [-0.2, -0.15) is 0 Å². The molecule has 0 bridgehead atoms. The summed E-state index contributed by atoms with van der Waals surface area (Å²) >= 11 is 0. The number of aliphatic hydroxyl groups excluding tert-OH is 7. The fraction of sp³-hybridized carbons (Fsp3) is 0.857. The first-order valence-corrected chi connectivity index (χ1v) is 7.83. The molecule has 12 heteroatoms. The third-order valence-corrected chi connectivity index (χ3v) is 3.93. The normalized spacial score (nSPS) is 33.8. The molecule has 12 nitrogen and oxygen atoms in total. The van der Waals surface area contributed by atoms with E-state index < -0.39 is 74.2 Å². The van der Waals surface area contributed by atoms with Crippen LogP contribution in [0.1, 0.15) is 6.92 Å². The Hall–Kier alpha value is -1.22. The number of hydrogen-bond acceptors (Lipinski definition) is 11. The maximum atomic E-state index is 11.3. The van der Waals surface area contributed by atoms with Gasteiger partial charge in [-0.25, -0.2) is 0 Å². The zero-order chi connectivity index (χ0) is 20.0. The number of nitrogens with one attached hydrogen (secondary N) is 1. The van der Waals surface area contributed by atoms with E-state index in [1.807, 2.05) is 0 Å². The van der Waals surface area contributed by atoms with Crippen molar-refractivity contribution < 1.29 is 54.8 Å². The topological polar surface area (TPSA) is 206 Å². The summed E-state index contributed by atoms with van der Waals surface area (Å²) in [7, 11) is 0. The smallest absolute Gasteiger partial charge is 0.217 e. The first-order chi connectivity index (χ1) is 12.2. The summed E-state index contributed by atoms with van der Waals surface area (Å²) in [5.41, 5.74) is 0. The van der Waals surface area contributed by atoms with Gasteiger partial charge in [0.25, 0.3) is 0 Å². The van der Waals surface area contributed by atoms with Gasteiger partial charge in [-0.1, -0.05) is 0 Å². The Balaban J connectivity index is 3.06. The lowest BCUT2D eigenvalue weighted by atomic mass is 9.98. The van der Waals surface area contributed by atoms with Gasteiger partial charge in [0.1, 0.15) is 55.1 Å². The second-order valence-electron chi connectivity index (χ2n) is 5.90. The van der Waals surface area contributed by atoms with Gasteiger partial charge in [0.2, 0.25) is 5.91 Å². The van der Waals surface area contributed by atoms with Crippen LogP contribution in [0.25, 0.3) is 0 Å². The van der Waals surface area contributed by atoms with Crippen molar-refractivity contribution in [1.82, 2.24) is 5.32 Å². The molecule has 0 unspecified atom stereocenters. The van der Waals surface area contributed by atoms with Gasteiger partial charge in [0, 0.05) is 6.92 Å². The van der Waals surface area contributed by atoms with Gasteiger partial charge in [0.15, 0.2) is 6.29 Å². The van der Waals surface area contributed by atoms with Crippen LogP contribution >= 0.6 is 0 Å². The third kappa shape index (κ3) is 5.39. The molecule has 1 fully saturated rings. The Morgan fingerprint density at radius 3 is 2.27 bits per heavy atom. The Labute approximate surface area is 148 Å². The zero-order valence-corrected chi connectivity index (χ0v) is 14.0. The first-order valence-electron chi connectivity index (χ1n) is 7.83. The molecule has 0 aromatic rings. The number of ether oxygens (including phenoxy) is 2. The number of amides is 1. The largest absolute Gasteiger partial charge is 0.394 e. The summed E-state index contributed by atoms with van der Waals surface area (Å²) in [6.07, 6.45) is -13.5. The highest BCUT2D eigenvalue weighted by Crippen LogP contribution is 2.24. The van der Waals surface area contributed by atoms with Gasteiger partial charge >= 0.3 is 0 Å². The van der Waals surface area contributed by atoms with Crippen molar-refractivity contribution in [2.24, 2.45) is 0 Å². The van der Waals surface area contributed by atoms with Crippen molar-refractivity contribution >= 4 is 12.2 Å². The van der Waals surface area contributed by atoms with Crippen molar-refractivity contribution in [3.8, 4) is 0 Å². The van der Waals surface area contributed by atoms with E-state index in [2.05, 4.69) is 5.32 Å². The van der Waals surface area contributed by atoms with Crippen molar-refractivity contribution in [3.63, 3.8) is 0 Å². The molecule has 1 heterocycles. The summed E-state index contributed by atoms with van der Waals surface area (Å²) in [5, 5.41) is 69.5. The quantitative estimate of drug-likeness (QED) is 0.176. The maximum absolute atomic E-state index is 11.3. The average Bonchev–Trinajstić information content (AvgIpc) is 2.62. The first kappa shape index (κ1) is 22.8. The number of hydrogen-bond donors (Lipinski definition) is 8. The Bertz CT molecular complexity index is 462. The molecule has 1 aliphatic heterocycles. The second kappa shape index (κ2) is 10.2. The SMILES string of the molecule is CC(=O)N[C@@H](C=O)[C@@H](O[C@@H]1O[C@H](CO)[C@H](O)[C@H](O)[C@H]1O)[C@H](O)[C@H](O)CO. The predicted molar refractivity (Wildman–Crippen MR) is 81.4 cm³/mol. The van der Waals surface area contributed by atoms with Crippen LogP contribution in [0.4, 0.5) is 0 Å². The standard InChI is InChI=1S/C14H25NO11/c1-5(19)15-6(2-16)13(9(21)7(20)3-17)26-14-12(24)11(23)10(22)8(4-18)25-14/h2,6-14,17-18,20-24H,3-4H2,1H3,(H,15,19)/t6-,7+,8+,9+,10-,11-,12+,13+,14-/m0/s1. The lowest BCUT2D eigenvalue weighted by molar-refractivity contribution is -0.320. The van der Waals surface area contributed by atoms with Crippen LogP contribution in [-0.2, 0) is 19.1 Å². The Morgan fingerprint density at radius 2 is 1.81 bits per heavy atom. The third-order valence-electron chi connectivity index (χ3n) is 3.93. The van der Waals surface area contributed by atoms with E-state index in [0.29, 0.717) is 0 Å². The predicted octanol–water partition coefficient (Wildman–Crippen LogP) is -5.41. The van der Waals surface area contributed by atoms with Crippen molar-refractivity contribution in [3.05, 3.63) is 0 Å². The summed E-state index contributed by atoms with van der Waals surface area (Å²) in [4.78, 5) is 22.5. The van der Waals surface area contributed by atoms with Crippen LogP contribution in [-0.4, -0.2) is 116 Å². The molecule has 0 saturated carbocycles. The monoisotopic (exact) mass is 383 g/mol. The fourth-order valence-electron chi connectivity index (χ4n) is 2.47.